The quantitative estimate of drug-likeness (QED) is 0.805. The SMILES string of the molecule is C[C@H]1c2ccccc2O[C@H]1CC(=O)NNC(=O)c1cn(C)nn1. The molecule has 2 amide bonds. The fourth-order valence-corrected chi connectivity index (χ4v) is 2.52. The number of aryl methyl sites for hydroxylation is 1. The number of hydrogen-bond donors (Lipinski definition) is 2. The third kappa shape index (κ3) is 3.15. The summed E-state index contributed by atoms with van der Waals surface area (Å²) >= 11 is 0. The van der Waals surface area contributed by atoms with Gasteiger partial charge >= 0.3 is 0 Å². The highest BCUT2D eigenvalue weighted by Crippen LogP contribution is 2.38. The van der Waals surface area contributed by atoms with Crippen LogP contribution in [0.1, 0.15) is 35.3 Å². The Morgan fingerprint density at radius 2 is 2.09 bits per heavy atom. The van der Waals surface area contributed by atoms with E-state index in [4.69, 9.17) is 4.74 Å². The second kappa shape index (κ2) is 6.07. The Bertz CT molecular complexity index is 742. The molecule has 8 heteroatoms. The van der Waals surface area contributed by atoms with Crippen LogP contribution in [0, 0.1) is 0 Å². The van der Waals surface area contributed by atoms with E-state index < -0.39 is 5.91 Å². The Hall–Kier alpha value is -2.90. The maximum atomic E-state index is 12.0. The van der Waals surface area contributed by atoms with Crippen molar-refractivity contribution in [3.8, 4) is 5.75 Å². The van der Waals surface area contributed by atoms with Gasteiger partial charge in [-0.25, -0.2) is 0 Å². The van der Waals surface area contributed by atoms with Gasteiger partial charge in [0.1, 0.15) is 11.9 Å². The van der Waals surface area contributed by atoms with Gasteiger partial charge in [0.15, 0.2) is 5.69 Å². The summed E-state index contributed by atoms with van der Waals surface area (Å²) in [6, 6.07) is 7.73. The third-order valence-corrected chi connectivity index (χ3v) is 3.78. The number of hydrazine groups is 1. The van der Waals surface area contributed by atoms with Gasteiger partial charge < -0.3 is 4.74 Å². The van der Waals surface area contributed by atoms with Gasteiger partial charge in [-0.05, 0) is 6.07 Å². The number of amides is 2. The third-order valence-electron chi connectivity index (χ3n) is 3.78. The number of carbonyl (C=O) groups is 2. The molecule has 0 fully saturated rings. The number of para-hydroxylation sites is 1. The van der Waals surface area contributed by atoms with E-state index in [1.54, 1.807) is 7.05 Å². The number of carbonyl (C=O) groups excluding carboxylic acids is 2. The first-order chi connectivity index (χ1) is 11.0. The monoisotopic (exact) mass is 315 g/mol. The Labute approximate surface area is 132 Å². The summed E-state index contributed by atoms with van der Waals surface area (Å²) in [5.74, 6) is 0.0797. The molecule has 0 saturated heterocycles. The number of hydrogen-bond acceptors (Lipinski definition) is 5. The molecule has 1 aliphatic rings. The zero-order valence-corrected chi connectivity index (χ0v) is 12.8. The molecule has 1 aliphatic heterocycles. The summed E-state index contributed by atoms with van der Waals surface area (Å²) < 4.78 is 7.19. The lowest BCUT2D eigenvalue weighted by molar-refractivity contribution is -0.123. The van der Waals surface area contributed by atoms with Gasteiger partial charge in [0.25, 0.3) is 5.91 Å². The van der Waals surface area contributed by atoms with Crippen LogP contribution in [0.25, 0.3) is 0 Å². The van der Waals surface area contributed by atoms with Gasteiger partial charge in [-0.3, -0.25) is 25.1 Å². The molecule has 0 bridgehead atoms. The number of nitrogens with one attached hydrogen (secondary N) is 2. The molecule has 2 aromatic rings. The van der Waals surface area contributed by atoms with E-state index in [9.17, 15) is 9.59 Å². The largest absolute Gasteiger partial charge is 0.489 e. The van der Waals surface area contributed by atoms with Crippen molar-refractivity contribution in [1.29, 1.82) is 0 Å². The van der Waals surface area contributed by atoms with E-state index >= 15 is 0 Å². The van der Waals surface area contributed by atoms with Crippen LogP contribution in [0.15, 0.2) is 30.5 Å². The van der Waals surface area contributed by atoms with Gasteiger partial charge in [0, 0.05) is 18.5 Å². The summed E-state index contributed by atoms with van der Waals surface area (Å²) in [4.78, 5) is 23.8. The van der Waals surface area contributed by atoms with E-state index in [0.717, 1.165) is 11.3 Å². The summed E-state index contributed by atoms with van der Waals surface area (Å²) in [5.41, 5.74) is 5.90. The maximum absolute atomic E-state index is 12.0. The molecule has 0 spiro atoms. The van der Waals surface area contributed by atoms with Crippen LogP contribution >= 0.6 is 0 Å². The molecule has 1 aromatic heterocycles. The Kier molecular flexibility index (Phi) is 3.96. The molecule has 3 rings (SSSR count). The van der Waals surface area contributed by atoms with Gasteiger partial charge in [-0.2, -0.15) is 0 Å². The summed E-state index contributed by atoms with van der Waals surface area (Å²) in [6.45, 7) is 2.02. The van der Waals surface area contributed by atoms with E-state index in [-0.39, 0.29) is 30.0 Å². The smallest absolute Gasteiger partial charge is 0.291 e. The van der Waals surface area contributed by atoms with E-state index in [0.29, 0.717) is 0 Å². The van der Waals surface area contributed by atoms with Gasteiger partial charge in [0.05, 0.1) is 12.6 Å². The summed E-state index contributed by atoms with van der Waals surface area (Å²) in [7, 11) is 1.65. The lowest BCUT2D eigenvalue weighted by Gasteiger charge is -2.15. The van der Waals surface area contributed by atoms with Crippen molar-refractivity contribution in [3.05, 3.63) is 41.7 Å². The standard InChI is InChI=1S/C15H17N5O3/c1-9-10-5-3-4-6-12(10)23-13(9)7-14(21)17-18-15(22)11-8-20(2)19-16-11/h3-6,8-9,13H,7H2,1-2H3,(H,17,21)(H,18,22)/t9-,13-/m0/s1. The van der Waals surface area contributed by atoms with Crippen molar-refractivity contribution in [2.45, 2.75) is 25.4 Å². The normalized spacial score (nSPS) is 18.9. The van der Waals surface area contributed by atoms with Crippen LogP contribution in [-0.2, 0) is 11.8 Å². The summed E-state index contributed by atoms with van der Waals surface area (Å²) in [6.07, 6.45) is 1.36. The topological polar surface area (TPSA) is 98.1 Å². The van der Waals surface area contributed by atoms with Crippen molar-refractivity contribution < 1.29 is 14.3 Å². The minimum atomic E-state index is -0.518. The molecule has 1 aromatic carbocycles. The first-order valence-corrected chi connectivity index (χ1v) is 7.25. The molecule has 2 atom stereocenters. The van der Waals surface area contributed by atoms with Crippen molar-refractivity contribution in [1.82, 2.24) is 25.8 Å². The highest BCUT2D eigenvalue weighted by Gasteiger charge is 2.32. The molecular weight excluding hydrogens is 298 g/mol. The fourth-order valence-electron chi connectivity index (χ4n) is 2.52. The van der Waals surface area contributed by atoms with Crippen molar-refractivity contribution in [3.63, 3.8) is 0 Å². The summed E-state index contributed by atoms with van der Waals surface area (Å²) in [5, 5.41) is 7.32. The van der Waals surface area contributed by atoms with Crippen LogP contribution < -0.4 is 15.6 Å². The van der Waals surface area contributed by atoms with Gasteiger partial charge in [0.2, 0.25) is 5.91 Å². The molecule has 0 radical (unpaired) electrons. The lowest BCUT2D eigenvalue weighted by atomic mass is 9.96. The molecule has 2 heterocycles. The number of nitrogens with zero attached hydrogens (tertiary/aromatic N) is 3. The molecule has 2 N–H and O–H groups in total. The molecule has 23 heavy (non-hydrogen) atoms. The second-order valence-corrected chi connectivity index (χ2v) is 5.47. The zero-order chi connectivity index (χ0) is 16.4. The van der Waals surface area contributed by atoms with Crippen LogP contribution in [-0.4, -0.2) is 32.9 Å². The van der Waals surface area contributed by atoms with Crippen molar-refractivity contribution in [2.75, 3.05) is 0 Å². The molecule has 0 unspecified atom stereocenters. The first-order valence-electron chi connectivity index (χ1n) is 7.25. The first kappa shape index (κ1) is 15.0. The highest BCUT2D eigenvalue weighted by atomic mass is 16.5. The minimum absolute atomic E-state index is 0.118. The number of fused-ring (bicyclic) bond motifs is 1. The lowest BCUT2D eigenvalue weighted by Crippen LogP contribution is -2.43. The average molecular weight is 315 g/mol. The Morgan fingerprint density at radius 3 is 2.78 bits per heavy atom. The maximum Gasteiger partial charge on any atom is 0.291 e. The van der Waals surface area contributed by atoms with Gasteiger partial charge in [-0.1, -0.05) is 30.3 Å². The van der Waals surface area contributed by atoms with Crippen LogP contribution in [0.5, 0.6) is 5.75 Å². The predicted molar refractivity (Wildman–Crippen MR) is 80.5 cm³/mol. The molecule has 0 aliphatic carbocycles. The highest BCUT2D eigenvalue weighted by molar-refractivity contribution is 5.93. The second-order valence-electron chi connectivity index (χ2n) is 5.47. The van der Waals surface area contributed by atoms with Gasteiger partial charge in [-0.15, -0.1) is 5.10 Å². The van der Waals surface area contributed by atoms with E-state index in [1.807, 2.05) is 31.2 Å². The van der Waals surface area contributed by atoms with Crippen LogP contribution in [0.4, 0.5) is 0 Å². The number of aromatic nitrogens is 3. The molecule has 120 valence electrons. The van der Waals surface area contributed by atoms with Crippen molar-refractivity contribution >= 4 is 11.8 Å². The number of rotatable bonds is 3. The minimum Gasteiger partial charge on any atom is -0.489 e. The zero-order valence-electron chi connectivity index (χ0n) is 12.8. The van der Waals surface area contributed by atoms with Crippen LogP contribution in [0.3, 0.4) is 0 Å². The Morgan fingerprint density at radius 1 is 1.30 bits per heavy atom. The predicted octanol–water partition coefficient (Wildman–Crippen LogP) is 0.531. The molecule has 0 saturated carbocycles. The number of ether oxygens (including phenoxy) is 1. The van der Waals surface area contributed by atoms with E-state index in [1.165, 1.54) is 10.9 Å². The van der Waals surface area contributed by atoms with E-state index in [2.05, 4.69) is 21.2 Å². The average Bonchev–Trinajstić information content (AvgIpc) is 3.10. The Balaban J connectivity index is 1.52. The molecule has 8 nitrogen and oxygen atoms in total. The number of benzene rings is 1. The van der Waals surface area contributed by atoms with Crippen molar-refractivity contribution in [2.24, 2.45) is 7.05 Å². The van der Waals surface area contributed by atoms with Crippen LogP contribution in [0.2, 0.25) is 0 Å². The fraction of sp³-hybridized carbons (Fsp3) is 0.333. The molecular formula is C15H17N5O3.